The maximum absolute atomic E-state index is 11.1. The molecule has 0 bridgehead atoms. The quantitative estimate of drug-likeness (QED) is 0.564. The molecule has 0 aromatic carbocycles. The molecular weight excluding hydrogens is 138 g/mol. The lowest BCUT2D eigenvalue weighted by molar-refractivity contribution is -0.121. The fraction of sp³-hybridized carbons (Fsp3) is 0.889. The molecule has 2 heteroatoms. The third-order valence-electron chi connectivity index (χ3n) is 2.96. The van der Waals surface area contributed by atoms with Crippen molar-refractivity contribution >= 4 is 5.78 Å². The topological polar surface area (TPSA) is 29.1 Å². The lowest BCUT2D eigenvalue weighted by atomic mass is 9.79. The summed E-state index contributed by atoms with van der Waals surface area (Å²) < 4.78 is 0. The van der Waals surface area contributed by atoms with Gasteiger partial charge in [0.15, 0.2) is 0 Å². The smallest absolute Gasteiger partial charge is 0.146 e. The van der Waals surface area contributed by atoms with Gasteiger partial charge in [-0.1, -0.05) is 12.8 Å². The first-order chi connectivity index (χ1) is 5.36. The van der Waals surface area contributed by atoms with Crippen molar-refractivity contribution in [1.82, 2.24) is 5.32 Å². The minimum Gasteiger partial charge on any atom is -0.307 e. The van der Waals surface area contributed by atoms with E-state index >= 15 is 0 Å². The molecule has 0 aromatic rings. The van der Waals surface area contributed by atoms with Gasteiger partial charge in [-0.2, -0.15) is 0 Å². The summed E-state index contributed by atoms with van der Waals surface area (Å²) in [6.07, 6.45) is 6.08. The molecule has 1 heterocycles. The van der Waals surface area contributed by atoms with E-state index in [0.29, 0.717) is 24.3 Å². The lowest BCUT2D eigenvalue weighted by Crippen LogP contribution is -2.47. The number of carbonyl (C=O) groups excluding carboxylic acids is 1. The number of fused-ring (bicyclic) bond motifs is 1. The van der Waals surface area contributed by atoms with Gasteiger partial charge in [-0.3, -0.25) is 4.79 Å². The molecule has 1 aliphatic carbocycles. The van der Waals surface area contributed by atoms with E-state index in [0.717, 1.165) is 6.42 Å². The van der Waals surface area contributed by atoms with Crippen molar-refractivity contribution in [2.75, 3.05) is 6.54 Å². The number of rotatable bonds is 0. The Morgan fingerprint density at radius 1 is 1.27 bits per heavy atom. The average molecular weight is 153 g/mol. The number of piperidine rings is 1. The summed E-state index contributed by atoms with van der Waals surface area (Å²) in [5, 5.41) is 3.32. The van der Waals surface area contributed by atoms with Gasteiger partial charge in [-0.05, 0) is 18.8 Å². The van der Waals surface area contributed by atoms with Crippen LogP contribution < -0.4 is 5.32 Å². The lowest BCUT2D eigenvalue weighted by Gasteiger charge is -2.35. The second-order valence-electron chi connectivity index (χ2n) is 3.77. The zero-order chi connectivity index (χ0) is 7.68. The Morgan fingerprint density at radius 3 is 3.00 bits per heavy atom. The van der Waals surface area contributed by atoms with E-state index in [4.69, 9.17) is 0 Å². The summed E-state index contributed by atoms with van der Waals surface area (Å²) in [5.41, 5.74) is 0. The van der Waals surface area contributed by atoms with Gasteiger partial charge in [0.25, 0.3) is 0 Å². The van der Waals surface area contributed by atoms with Gasteiger partial charge in [0.1, 0.15) is 5.78 Å². The largest absolute Gasteiger partial charge is 0.307 e. The van der Waals surface area contributed by atoms with Crippen molar-refractivity contribution in [3.05, 3.63) is 0 Å². The average Bonchev–Trinajstić information content (AvgIpc) is 2.04. The molecule has 2 rings (SSSR count). The third kappa shape index (κ3) is 1.45. The van der Waals surface area contributed by atoms with Crippen LogP contribution in [0, 0.1) is 5.92 Å². The van der Waals surface area contributed by atoms with Crippen molar-refractivity contribution in [2.24, 2.45) is 5.92 Å². The van der Waals surface area contributed by atoms with Crippen LogP contribution in [0.2, 0.25) is 0 Å². The van der Waals surface area contributed by atoms with Gasteiger partial charge in [-0.15, -0.1) is 0 Å². The SMILES string of the molecule is O=C1CNC2CCCCC2C1. The number of ketones is 1. The molecule has 2 unspecified atom stereocenters. The first kappa shape index (κ1) is 7.29. The molecule has 0 radical (unpaired) electrons. The van der Waals surface area contributed by atoms with Crippen molar-refractivity contribution < 1.29 is 4.79 Å². The highest BCUT2D eigenvalue weighted by molar-refractivity contribution is 5.81. The Kier molecular flexibility index (Phi) is 1.95. The van der Waals surface area contributed by atoms with E-state index in [2.05, 4.69) is 5.32 Å². The Hall–Kier alpha value is -0.370. The van der Waals surface area contributed by atoms with Crippen LogP contribution in [0.1, 0.15) is 32.1 Å². The number of nitrogens with one attached hydrogen (secondary N) is 1. The molecule has 0 spiro atoms. The summed E-state index contributed by atoms with van der Waals surface area (Å²) in [5.74, 6) is 1.08. The van der Waals surface area contributed by atoms with Crippen LogP contribution in [0.25, 0.3) is 0 Å². The molecule has 1 N–H and O–H groups in total. The van der Waals surface area contributed by atoms with Gasteiger partial charge in [-0.25, -0.2) is 0 Å². The van der Waals surface area contributed by atoms with E-state index in [-0.39, 0.29) is 0 Å². The van der Waals surface area contributed by atoms with Crippen molar-refractivity contribution in [3.63, 3.8) is 0 Å². The monoisotopic (exact) mass is 153 g/mol. The van der Waals surface area contributed by atoms with Crippen LogP contribution in [0.4, 0.5) is 0 Å². The van der Waals surface area contributed by atoms with Gasteiger partial charge in [0, 0.05) is 12.5 Å². The van der Waals surface area contributed by atoms with Crippen molar-refractivity contribution in [1.29, 1.82) is 0 Å². The predicted octanol–water partition coefficient (Wildman–Crippen LogP) is 1.11. The first-order valence-electron chi connectivity index (χ1n) is 4.61. The molecule has 2 atom stereocenters. The first-order valence-corrected chi connectivity index (χ1v) is 4.61. The normalized spacial score (nSPS) is 38.4. The summed E-state index contributed by atoms with van der Waals surface area (Å²) in [6.45, 7) is 0.626. The number of carbonyl (C=O) groups is 1. The molecule has 1 aliphatic heterocycles. The summed E-state index contributed by atoms with van der Waals surface area (Å²) >= 11 is 0. The van der Waals surface area contributed by atoms with Gasteiger partial charge >= 0.3 is 0 Å². The molecule has 0 aromatic heterocycles. The van der Waals surface area contributed by atoms with E-state index in [1.807, 2.05) is 0 Å². The van der Waals surface area contributed by atoms with Crippen LogP contribution in [0.3, 0.4) is 0 Å². The molecule has 1 saturated carbocycles. The second kappa shape index (κ2) is 2.94. The highest BCUT2D eigenvalue weighted by Crippen LogP contribution is 2.29. The standard InChI is InChI=1S/C9H15NO/c11-8-5-7-3-1-2-4-9(7)10-6-8/h7,9-10H,1-6H2. The third-order valence-corrected chi connectivity index (χ3v) is 2.96. The number of hydrogen-bond acceptors (Lipinski definition) is 2. The fourth-order valence-corrected chi connectivity index (χ4v) is 2.33. The Morgan fingerprint density at radius 2 is 2.09 bits per heavy atom. The zero-order valence-electron chi connectivity index (χ0n) is 6.81. The predicted molar refractivity (Wildman–Crippen MR) is 43.4 cm³/mol. The van der Waals surface area contributed by atoms with E-state index < -0.39 is 0 Å². The van der Waals surface area contributed by atoms with Gasteiger partial charge in [0.2, 0.25) is 0 Å². The number of hydrogen-bond donors (Lipinski definition) is 1. The second-order valence-corrected chi connectivity index (χ2v) is 3.77. The summed E-state index contributed by atoms with van der Waals surface area (Å²) in [6, 6.07) is 0.668. The maximum Gasteiger partial charge on any atom is 0.146 e. The van der Waals surface area contributed by atoms with E-state index in [9.17, 15) is 4.79 Å². The van der Waals surface area contributed by atoms with Crippen LogP contribution >= 0.6 is 0 Å². The molecule has 2 fully saturated rings. The Balaban J connectivity index is 1.98. The molecule has 1 saturated heterocycles. The van der Waals surface area contributed by atoms with E-state index in [1.54, 1.807) is 0 Å². The van der Waals surface area contributed by atoms with Crippen LogP contribution in [0.15, 0.2) is 0 Å². The zero-order valence-corrected chi connectivity index (χ0v) is 6.81. The Labute approximate surface area is 67.4 Å². The van der Waals surface area contributed by atoms with Crippen LogP contribution in [-0.4, -0.2) is 18.4 Å². The minimum atomic E-state index is 0.410. The molecular formula is C9H15NO. The maximum atomic E-state index is 11.1. The van der Waals surface area contributed by atoms with Gasteiger partial charge in [0.05, 0.1) is 6.54 Å². The highest BCUT2D eigenvalue weighted by atomic mass is 16.1. The van der Waals surface area contributed by atoms with Crippen molar-refractivity contribution in [2.45, 2.75) is 38.1 Å². The number of Topliss-reactive ketones (excluding diaryl/α,β-unsaturated/α-hetero) is 1. The molecule has 2 aliphatic rings. The van der Waals surface area contributed by atoms with Crippen LogP contribution in [-0.2, 0) is 4.79 Å². The molecule has 11 heavy (non-hydrogen) atoms. The summed E-state index contributed by atoms with van der Waals surface area (Å²) in [4.78, 5) is 11.1. The van der Waals surface area contributed by atoms with Crippen molar-refractivity contribution in [3.8, 4) is 0 Å². The Bertz CT molecular complexity index is 167. The van der Waals surface area contributed by atoms with E-state index in [1.165, 1.54) is 25.7 Å². The minimum absolute atomic E-state index is 0.410. The highest BCUT2D eigenvalue weighted by Gasteiger charge is 2.30. The fourth-order valence-electron chi connectivity index (χ4n) is 2.33. The molecule has 0 amide bonds. The van der Waals surface area contributed by atoms with Gasteiger partial charge < -0.3 is 5.32 Å². The molecule has 62 valence electrons. The van der Waals surface area contributed by atoms with Crippen LogP contribution in [0.5, 0.6) is 0 Å². The molecule has 2 nitrogen and oxygen atoms in total. The summed E-state index contributed by atoms with van der Waals surface area (Å²) in [7, 11) is 0.